The number of ether oxygens (including phenoxy) is 1. The molecule has 1 saturated heterocycles. The lowest BCUT2D eigenvalue weighted by atomic mass is 9.98. The molecule has 0 aromatic carbocycles. The van der Waals surface area contributed by atoms with Crippen LogP contribution in [0.3, 0.4) is 0 Å². The molecule has 0 unspecified atom stereocenters. The van der Waals surface area contributed by atoms with E-state index < -0.39 is 0 Å². The van der Waals surface area contributed by atoms with Crippen LogP contribution in [0.1, 0.15) is 12.8 Å². The van der Waals surface area contributed by atoms with Gasteiger partial charge < -0.3 is 4.74 Å². The van der Waals surface area contributed by atoms with Crippen molar-refractivity contribution in [1.82, 2.24) is 5.32 Å². The van der Waals surface area contributed by atoms with Crippen molar-refractivity contribution in [2.45, 2.75) is 12.8 Å². The maximum Gasteiger partial charge on any atom is 0.226 e. The van der Waals surface area contributed by atoms with Gasteiger partial charge in [0, 0.05) is 26.6 Å². The third kappa shape index (κ3) is 2.31. The average molecular weight is 157 g/mol. The summed E-state index contributed by atoms with van der Waals surface area (Å²) >= 11 is 0. The summed E-state index contributed by atoms with van der Waals surface area (Å²) in [6.07, 6.45) is 0.805. The largest absolute Gasteiger partial charge is 0.384 e. The highest BCUT2D eigenvalue weighted by Crippen LogP contribution is 2.12. The van der Waals surface area contributed by atoms with Crippen LogP contribution in [-0.4, -0.2) is 25.5 Å². The van der Waals surface area contributed by atoms with Gasteiger partial charge in [-0.2, -0.15) is 0 Å². The number of carbonyl (C=O) groups is 2. The second-order valence-electron chi connectivity index (χ2n) is 2.70. The molecule has 1 rings (SSSR count). The van der Waals surface area contributed by atoms with Crippen LogP contribution in [0, 0.1) is 5.92 Å². The third-order valence-corrected chi connectivity index (χ3v) is 1.63. The lowest BCUT2D eigenvalue weighted by Crippen LogP contribution is -2.39. The second kappa shape index (κ2) is 3.48. The summed E-state index contributed by atoms with van der Waals surface area (Å²) in [7, 11) is 1.57. The molecule has 0 bridgehead atoms. The van der Waals surface area contributed by atoms with Gasteiger partial charge in [-0.1, -0.05) is 0 Å². The molecular formula is C7H11NO3. The first-order valence-electron chi connectivity index (χ1n) is 3.54. The van der Waals surface area contributed by atoms with Crippen LogP contribution < -0.4 is 5.32 Å². The number of hydrogen-bond acceptors (Lipinski definition) is 3. The molecule has 1 N–H and O–H groups in total. The Kier molecular flexibility index (Phi) is 2.59. The van der Waals surface area contributed by atoms with Gasteiger partial charge in [0.25, 0.3) is 0 Å². The molecule has 4 heteroatoms. The fourth-order valence-corrected chi connectivity index (χ4v) is 1.21. The van der Waals surface area contributed by atoms with E-state index in [1.807, 2.05) is 0 Å². The van der Waals surface area contributed by atoms with E-state index in [-0.39, 0.29) is 17.7 Å². The van der Waals surface area contributed by atoms with Gasteiger partial charge in [-0.25, -0.2) is 0 Å². The van der Waals surface area contributed by atoms with E-state index in [0.29, 0.717) is 19.4 Å². The number of methoxy groups -OCH3 is 1. The summed E-state index contributed by atoms with van der Waals surface area (Å²) in [6.45, 7) is 0.485. The van der Waals surface area contributed by atoms with E-state index in [1.54, 1.807) is 7.11 Å². The zero-order chi connectivity index (χ0) is 8.27. The fraction of sp³-hybridized carbons (Fsp3) is 0.714. The molecule has 0 aliphatic carbocycles. The van der Waals surface area contributed by atoms with Crippen LogP contribution in [0.25, 0.3) is 0 Å². The quantitative estimate of drug-likeness (QED) is 0.559. The highest BCUT2D eigenvalue weighted by atomic mass is 16.5. The molecule has 1 heterocycles. The smallest absolute Gasteiger partial charge is 0.226 e. The molecule has 62 valence electrons. The zero-order valence-corrected chi connectivity index (χ0v) is 6.42. The SMILES string of the molecule is COCC1CC(=O)NC(=O)C1. The Balaban J connectivity index is 2.43. The maximum absolute atomic E-state index is 10.8. The Morgan fingerprint density at radius 3 is 2.45 bits per heavy atom. The fourth-order valence-electron chi connectivity index (χ4n) is 1.21. The molecule has 11 heavy (non-hydrogen) atoms. The summed E-state index contributed by atoms with van der Waals surface area (Å²) in [5.74, 6) is -0.312. The van der Waals surface area contributed by atoms with Gasteiger partial charge in [-0.15, -0.1) is 0 Å². The minimum absolute atomic E-state index is 0.0706. The Morgan fingerprint density at radius 2 is 2.00 bits per heavy atom. The number of amides is 2. The first kappa shape index (κ1) is 8.20. The van der Waals surface area contributed by atoms with Gasteiger partial charge in [0.2, 0.25) is 11.8 Å². The van der Waals surface area contributed by atoms with Gasteiger partial charge in [-0.05, 0) is 5.92 Å². The Morgan fingerprint density at radius 1 is 1.45 bits per heavy atom. The number of rotatable bonds is 2. The standard InChI is InChI=1S/C7H11NO3/c1-11-4-5-2-6(9)8-7(10)3-5/h5H,2-4H2,1H3,(H,8,9,10). The predicted molar refractivity (Wildman–Crippen MR) is 37.7 cm³/mol. The van der Waals surface area contributed by atoms with Crippen molar-refractivity contribution < 1.29 is 14.3 Å². The Labute approximate surface area is 64.9 Å². The van der Waals surface area contributed by atoms with E-state index in [2.05, 4.69) is 5.32 Å². The van der Waals surface area contributed by atoms with Gasteiger partial charge >= 0.3 is 0 Å². The highest BCUT2D eigenvalue weighted by Gasteiger charge is 2.24. The molecule has 0 atom stereocenters. The van der Waals surface area contributed by atoms with Crippen molar-refractivity contribution >= 4 is 11.8 Å². The monoisotopic (exact) mass is 157 g/mol. The number of nitrogens with one attached hydrogen (secondary N) is 1. The molecular weight excluding hydrogens is 146 g/mol. The highest BCUT2D eigenvalue weighted by molar-refractivity contribution is 5.97. The van der Waals surface area contributed by atoms with Crippen LogP contribution in [0.2, 0.25) is 0 Å². The van der Waals surface area contributed by atoms with Crippen molar-refractivity contribution in [1.29, 1.82) is 0 Å². The van der Waals surface area contributed by atoms with E-state index in [4.69, 9.17) is 4.74 Å². The predicted octanol–water partition coefficient (Wildman–Crippen LogP) is -0.314. The Bertz CT molecular complexity index is 163. The summed E-state index contributed by atoms with van der Waals surface area (Å²) in [4.78, 5) is 21.5. The molecule has 2 amide bonds. The topological polar surface area (TPSA) is 55.4 Å². The van der Waals surface area contributed by atoms with Crippen LogP contribution in [0.15, 0.2) is 0 Å². The number of imide groups is 1. The molecule has 1 aliphatic heterocycles. The van der Waals surface area contributed by atoms with Crippen molar-refractivity contribution in [3.05, 3.63) is 0 Å². The first-order chi connectivity index (χ1) is 5.22. The Hall–Kier alpha value is -0.900. The van der Waals surface area contributed by atoms with Gasteiger partial charge in [0.1, 0.15) is 0 Å². The summed E-state index contributed by atoms with van der Waals surface area (Å²) < 4.78 is 4.85. The maximum atomic E-state index is 10.8. The second-order valence-corrected chi connectivity index (χ2v) is 2.70. The normalized spacial score (nSPS) is 20.1. The number of carbonyl (C=O) groups excluding carboxylic acids is 2. The van der Waals surface area contributed by atoms with Gasteiger partial charge in [0.05, 0.1) is 0 Å². The van der Waals surface area contributed by atoms with Gasteiger partial charge in [-0.3, -0.25) is 14.9 Å². The van der Waals surface area contributed by atoms with Gasteiger partial charge in [0.15, 0.2) is 0 Å². The molecule has 0 saturated carbocycles. The molecule has 1 aliphatic rings. The summed E-state index contributed by atoms with van der Waals surface area (Å²) in [5, 5.41) is 2.23. The van der Waals surface area contributed by atoms with E-state index in [0.717, 1.165) is 0 Å². The lowest BCUT2D eigenvalue weighted by Gasteiger charge is -2.19. The van der Waals surface area contributed by atoms with Crippen molar-refractivity contribution in [2.24, 2.45) is 5.92 Å². The van der Waals surface area contributed by atoms with Crippen molar-refractivity contribution in [3.8, 4) is 0 Å². The van der Waals surface area contributed by atoms with E-state index in [1.165, 1.54) is 0 Å². The number of piperidine rings is 1. The molecule has 0 spiro atoms. The summed E-state index contributed by atoms with van der Waals surface area (Å²) in [6, 6.07) is 0. The molecule has 0 aromatic rings. The third-order valence-electron chi connectivity index (χ3n) is 1.63. The van der Waals surface area contributed by atoms with Crippen molar-refractivity contribution in [2.75, 3.05) is 13.7 Å². The van der Waals surface area contributed by atoms with E-state index >= 15 is 0 Å². The molecule has 1 fully saturated rings. The first-order valence-corrected chi connectivity index (χ1v) is 3.54. The number of hydrogen-bond donors (Lipinski definition) is 1. The lowest BCUT2D eigenvalue weighted by molar-refractivity contribution is -0.135. The average Bonchev–Trinajstić information content (AvgIpc) is 1.85. The molecule has 0 aromatic heterocycles. The minimum Gasteiger partial charge on any atom is -0.384 e. The van der Waals surface area contributed by atoms with Crippen LogP contribution in [-0.2, 0) is 14.3 Å². The summed E-state index contributed by atoms with van der Waals surface area (Å²) in [5.41, 5.74) is 0. The van der Waals surface area contributed by atoms with Crippen LogP contribution >= 0.6 is 0 Å². The van der Waals surface area contributed by atoms with E-state index in [9.17, 15) is 9.59 Å². The zero-order valence-electron chi connectivity index (χ0n) is 6.42. The van der Waals surface area contributed by atoms with Crippen LogP contribution in [0.4, 0.5) is 0 Å². The molecule has 4 nitrogen and oxygen atoms in total. The molecule has 0 radical (unpaired) electrons. The van der Waals surface area contributed by atoms with Crippen molar-refractivity contribution in [3.63, 3.8) is 0 Å². The van der Waals surface area contributed by atoms with Crippen LogP contribution in [0.5, 0.6) is 0 Å². The minimum atomic E-state index is -0.191.